The molecule has 1 fully saturated rings. The molecule has 2 aromatic rings. The number of halogens is 1. The molecule has 0 atom stereocenters. The summed E-state index contributed by atoms with van der Waals surface area (Å²) in [7, 11) is 3.80. The Bertz CT molecular complexity index is 790. The summed E-state index contributed by atoms with van der Waals surface area (Å²) in [5.74, 6) is 1.92. The Kier molecular flexibility index (Phi) is 8.09. The summed E-state index contributed by atoms with van der Waals surface area (Å²) in [6, 6.07) is 4.66. The Hall–Kier alpha value is -1.84. The highest BCUT2D eigenvalue weighted by Gasteiger charge is 2.21. The molecule has 1 saturated heterocycles. The number of aromatic nitrogens is 3. The summed E-state index contributed by atoms with van der Waals surface area (Å²) in [5.41, 5.74) is 4.69. The molecular weight excluding hydrogens is 465 g/mol. The van der Waals surface area contributed by atoms with Crippen LogP contribution < -0.4 is 15.5 Å². The highest BCUT2D eigenvalue weighted by molar-refractivity contribution is 14.0. The van der Waals surface area contributed by atoms with Gasteiger partial charge >= 0.3 is 0 Å². The Morgan fingerprint density at radius 2 is 1.93 bits per heavy atom. The third-order valence-electron chi connectivity index (χ3n) is 5.37. The minimum atomic E-state index is 0. The summed E-state index contributed by atoms with van der Waals surface area (Å²) in [6.45, 7) is 8.96. The minimum absolute atomic E-state index is 0. The van der Waals surface area contributed by atoms with Crippen LogP contribution in [0.2, 0.25) is 0 Å². The number of anilines is 1. The zero-order chi connectivity index (χ0) is 19.4. The molecule has 2 aromatic heterocycles. The lowest BCUT2D eigenvalue weighted by atomic mass is 10.1. The van der Waals surface area contributed by atoms with Crippen LogP contribution in [0, 0.1) is 20.8 Å². The maximum atomic E-state index is 4.55. The van der Waals surface area contributed by atoms with Crippen molar-refractivity contribution in [1.82, 2.24) is 25.4 Å². The zero-order valence-electron chi connectivity index (χ0n) is 17.5. The fraction of sp³-hybridized carbons (Fsp3) is 0.550. The molecule has 0 radical (unpaired) electrons. The first kappa shape index (κ1) is 22.4. The van der Waals surface area contributed by atoms with E-state index in [1.165, 1.54) is 16.8 Å². The van der Waals surface area contributed by atoms with Crippen LogP contribution >= 0.6 is 24.0 Å². The highest BCUT2D eigenvalue weighted by Crippen LogP contribution is 2.18. The van der Waals surface area contributed by atoms with Gasteiger partial charge in [-0.3, -0.25) is 9.67 Å². The van der Waals surface area contributed by atoms with Crippen LogP contribution in [-0.2, 0) is 13.6 Å². The van der Waals surface area contributed by atoms with Crippen LogP contribution in [0.5, 0.6) is 0 Å². The van der Waals surface area contributed by atoms with E-state index in [-0.39, 0.29) is 24.0 Å². The van der Waals surface area contributed by atoms with Gasteiger partial charge in [-0.15, -0.1) is 24.0 Å². The van der Waals surface area contributed by atoms with Gasteiger partial charge in [0, 0.05) is 57.2 Å². The molecule has 0 aliphatic carbocycles. The second kappa shape index (κ2) is 10.1. The Morgan fingerprint density at radius 1 is 1.21 bits per heavy atom. The summed E-state index contributed by atoms with van der Waals surface area (Å²) in [5, 5.41) is 11.5. The summed E-state index contributed by atoms with van der Waals surface area (Å²) < 4.78 is 1.93. The molecule has 0 saturated carbocycles. The number of piperidine rings is 1. The van der Waals surface area contributed by atoms with Gasteiger partial charge in [0.05, 0.1) is 5.69 Å². The van der Waals surface area contributed by atoms with Crippen molar-refractivity contribution in [2.75, 3.05) is 25.0 Å². The van der Waals surface area contributed by atoms with Crippen LogP contribution in [-0.4, -0.2) is 46.9 Å². The molecule has 8 heteroatoms. The molecule has 7 nitrogen and oxygen atoms in total. The number of hydrogen-bond acceptors (Lipinski definition) is 4. The quantitative estimate of drug-likeness (QED) is 0.386. The number of nitrogens with zero attached hydrogens (tertiary/aromatic N) is 5. The molecule has 0 unspecified atom stereocenters. The molecular formula is C20H32IN7. The molecule has 0 amide bonds. The molecule has 0 bridgehead atoms. The molecule has 1 aliphatic rings. The Morgan fingerprint density at radius 3 is 2.46 bits per heavy atom. The van der Waals surface area contributed by atoms with Crippen LogP contribution in [0.4, 0.5) is 5.82 Å². The summed E-state index contributed by atoms with van der Waals surface area (Å²) >= 11 is 0. The molecule has 1 aliphatic heterocycles. The average Bonchev–Trinajstić information content (AvgIpc) is 2.92. The van der Waals surface area contributed by atoms with E-state index in [4.69, 9.17) is 0 Å². The first-order valence-electron chi connectivity index (χ1n) is 9.61. The van der Waals surface area contributed by atoms with Gasteiger partial charge in [0.15, 0.2) is 5.96 Å². The van der Waals surface area contributed by atoms with Gasteiger partial charge in [0.25, 0.3) is 0 Å². The lowest BCUT2D eigenvalue weighted by molar-refractivity contribution is 0.459. The monoisotopic (exact) mass is 497 g/mol. The number of hydrogen-bond donors (Lipinski definition) is 2. The maximum absolute atomic E-state index is 4.55. The fourth-order valence-electron chi connectivity index (χ4n) is 3.53. The Labute approximate surface area is 185 Å². The SMILES string of the molecule is CN=C(NCc1c(C)nn(C)c1C)NC1CCN(c2ccc(C)cn2)CC1.I. The second-order valence-electron chi connectivity index (χ2n) is 7.30. The van der Waals surface area contributed by atoms with Crippen molar-refractivity contribution < 1.29 is 0 Å². The number of rotatable bonds is 4. The predicted molar refractivity (Wildman–Crippen MR) is 126 cm³/mol. The third kappa shape index (κ3) is 5.36. The van der Waals surface area contributed by atoms with Gasteiger partial charge in [-0.1, -0.05) is 6.07 Å². The van der Waals surface area contributed by atoms with E-state index in [0.717, 1.165) is 49.9 Å². The zero-order valence-corrected chi connectivity index (χ0v) is 19.8. The molecule has 28 heavy (non-hydrogen) atoms. The number of nitrogens with one attached hydrogen (secondary N) is 2. The van der Waals surface area contributed by atoms with E-state index < -0.39 is 0 Å². The minimum Gasteiger partial charge on any atom is -0.356 e. The summed E-state index contributed by atoms with van der Waals surface area (Å²) in [6.07, 6.45) is 4.08. The van der Waals surface area contributed by atoms with E-state index in [1.54, 1.807) is 0 Å². The molecule has 3 heterocycles. The molecule has 2 N–H and O–H groups in total. The standard InChI is InChI=1S/C20H31N7.HI/c1-14-6-7-19(22-12-14)27-10-8-17(9-11-27)24-20(21-4)23-13-18-15(2)25-26(5)16(18)3;/h6-7,12,17H,8-11,13H2,1-5H3,(H2,21,23,24);1H. The molecule has 154 valence electrons. The van der Waals surface area contributed by atoms with Gasteiger partial charge in [0.2, 0.25) is 0 Å². The number of pyridine rings is 1. The van der Waals surface area contributed by atoms with Gasteiger partial charge in [-0.2, -0.15) is 5.10 Å². The lowest BCUT2D eigenvalue weighted by Gasteiger charge is -2.33. The normalized spacial score (nSPS) is 15.3. The van der Waals surface area contributed by atoms with Gasteiger partial charge < -0.3 is 15.5 Å². The van der Waals surface area contributed by atoms with Gasteiger partial charge in [-0.25, -0.2) is 4.98 Å². The van der Waals surface area contributed by atoms with Crippen molar-refractivity contribution in [1.29, 1.82) is 0 Å². The average molecular weight is 497 g/mol. The number of guanidine groups is 1. The van der Waals surface area contributed by atoms with E-state index >= 15 is 0 Å². The van der Waals surface area contributed by atoms with Gasteiger partial charge in [0.1, 0.15) is 5.82 Å². The van der Waals surface area contributed by atoms with E-state index in [9.17, 15) is 0 Å². The number of aliphatic imine (C=N–C) groups is 1. The van der Waals surface area contributed by atoms with E-state index in [2.05, 4.69) is 63.5 Å². The lowest BCUT2D eigenvalue weighted by Crippen LogP contribution is -2.48. The van der Waals surface area contributed by atoms with Crippen molar-refractivity contribution in [3.8, 4) is 0 Å². The van der Waals surface area contributed by atoms with Crippen LogP contribution in [0.25, 0.3) is 0 Å². The van der Waals surface area contributed by atoms with Crippen molar-refractivity contribution in [2.24, 2.45) is 12.0 Å². The number of aryl methyl sites for hydroxylation is 3. The molecule has 0 aromatic carbocycles. The predicted octanol–water partition coefficient (Wildman–Crippen LogP) is 2.69. The van der Waals surface area contributed by atoms with E-state index in [1.807, 2.05) is 25.0 Å². The van der Waals surface area contributed by atoms with Crippen molar-refractivity contribution >= 4 is 35.8 Å². The van der Waals surface area contributed by atoms with Crippen molar-refractivity contribution in [2.45, 2.75) is 46.2 Å². The maximum Gasteiger partial charge on any atom is 0.191 e. The van der Waals surface area contributed by atoms with Crippen molar-refractivity contribution in [3.05, 3.63) is 40.8 Å². The topological polar surface area (TPSA) is 70.4 Å². The largest absolute Gasteiger partial charge is 0.356 e. The Balaban J connectivity index is 0.00000280. The third-order valence-corrected chi connectivity index (χ3v) is 5.37. The smallest absolute Gasteiger partial charge is 0.191 e. The van der Waals surface area contributed by atoms with Crippen LogP contribution in [0.3, 0.4) is 0 Å². The first-order chi connectivity index (χ1) is 13.0. The van der Waals surface area contributed by atoms with Crippen molar-refractivity contribution in [3.63, 3.8) is 0 Å². The molecule has 0 spiro atoms. The van der Waals surface area contributed by atoms with Crippen LogP contribution in [0.15, 0.2) is 23.3 Å². The van der Waals surface area contributed by atoms with E-state index in [0.29, 0.717) is 6.04 Å². The fourth-order valence-corrected chi connectivity index (χ4v) is 3.53. The molecule has 3 rings (SSSR count). The van der Waals surface area contributed by atoms with Crippen LogP contribution in [0.1, 0.15) is 35.4 Å². The summed E-state index contributed by atoms with van der Waals surface area (Å²) in [4.78, 5) is 11.3. The highest BCUT2D eigenvalue weighted by atomic mass is 127. The first-order valence-corrected chi connectivity index (χ1v) is 9.61. The second-order valence-corrected chi connectivity index (χ2v) is 7.30. The van der Waals surface area contributed by atoms with Gasteiger partial charge in [-0.05, 0) is 45.2 Å².